The largest absolute Gasteiger partial charge is 0.465 e. The van der Waals surface area contributed by atoms with Crippen LogP contribution in [0.5, 0.6) is 0 Å². The van der Waals surface area contributed by atoms with Crippen LogP contribution >= 0.6 is 0 Å². The van der Waals surface area contributed by atoms with Crippen molar-refractivity contribution in [1.29, 1.82) is 0 Å². The lowest BCUT2D eigenvalue weighted by atomic mass is 10.1. The van der Waals surface area contributed by atoms with E-state index >= 15 is 0 Å². The van der Waals surface area contributed by atoms with Crippen LogP contribution < -0.4 is 0 Å². The molecule has 2 fully saturated rings. The summed E-state index contributed by atoms with van der Waals surface area (Å²) in [6, 6.07) is 0. The molecule has 1 aliphatic heterocycles. The van der Waals surface area contributed by atoms with Crippen molar-refractivity contribution in [3.05, 3.63) is 11.7 Å². The number of fused-ring (bicyclic) bond motifs is 1. The number of esters is 1. The maximum atomic E-state index is 11.1. The van der Waals surface area contributed by atoms with Crippen molar-refractivity contribution in [2.24, 2.45) is 11.8 Å². The molecule has 1 saturated carbocycles. The van der Waals surface area contributed by atoms with Crippen molar-refractivity contribution < 1.29 is 24.0 Å². The average Bonchev–Trinajstić information content (AvgIpc) is 2.82. The lowest BCUT2D eigenvalue weighted by Gasteiger charge is -2.19. The second-order valence-electron chi connectivity index (χ2n) is 6.10. The smallest absolute Gasteiger partial charge is 0.407 e. The van der Waals surface area contributed by atoms with E-state index in [-0.39, 0.29) is 23.6 Å². The highest BCUT2D eigenvalue weighted by molar-refractivity contribution is 5.66. The van der Waals surface area contributed by atoms with Crippen molar-refractivity contribution in [2.45, 2.75) is 32.3 Å². The van der Waals surface area contributed by atoms with Gasteiger partial charge in [0.05, 0.1) is 0 Å². The molecule has 2 aliphatic rings. The minimum absolute atomic E-state index is 0.145. The highest BCUT2D eigenvalue weighted by Crippen LogP contribution is 2.57. The molecule has 3 atom stereocenters. The Morgan fingerprint density at radius 3 is 2.52 bits per heavy atom. The van der Waals surface area contributed by atoms with Crippen LogP contribution in [0, 0.1) is 11.8 Å². The summed E-state index contributed by atoms with van der Waals surface area (Å²) in [4.78, 5) is 27.7. The van der Waals surface area contributed by atoms with Crippen molar-refractivity contribution in [3.8, 4) is 0 Å². The molecule has 1 saturated heterocycles. The number of likely N-dealkylation sites (tertiary alicyclic amines) is 1. The SMILES string of the molecule is CC(=O)OC(C)(C)c1nc([C@H]2[C@@H]3CN(C(=O)O)C[C@@H]32)no1. The maximum absolute atomic E-state index is 11.1. The standard InChI is InChI=1S/C13H17N3O5/c1-6(17)20-13(2,3)11-14-10(15-21-11)9-7-4-16(12(18)19)5-8(7)9/h7-9H,4-5H2,1-3H3,(H,18,19)/t7-,8+,9+. The zero-order valence-corrected chi connectivity index (χ0v) is 12.1. The minimum Gasteiger partial charge on any atom is -0.465 e. The Morgan fingerprint density at radius 2 is 2.00 bits per heavy atom. The molecule has 1 aliphatic carbocycles. The van der Waals surface area contributed by atoms with Gasteiger partial charge in [-0.05, 0) is 25.7 Å². The highest BCUT2D eigenvalue weighted by atomic mass is 16.6. The van der Waals surface area contributed by atoms with Gasteiger partial charge in [-0.15, -0.1) is 0 Å². The van der Waals surface area contributed by atoms with Gasteiger partial charge in [0.25, 0.3) is 5.89 Å². The number of piperidine rings is 1. The zero-order chi connectivity index (χ0) is 15.4. The molecule has 1 N–H and O–H groups in total. The van der Waals surface area contributed by atoms with Gasteiger partial charge in [-0.25, -0.2) is 4.79 Å². The summed E-state index contributed by atoms with van der Waals surface area (Å²) in [5.74, 6) is 1.09. The van der Waals surface area contributed by atoms with Gasteiger partial charge in [0.15, 0.2) is 11.4 Å². The second-order valence-corrected chi connectivity index (χ2v) is 6.10. The molecule has 1 amide bonds. The Kier molecular flexibility index (Phi) is 2.93. The third-order valence-electron chi connectivity index (χ3n) is 4.12. The highest BCUT2D eigenvalue weighted by Gasteiger charge is 2.59. The summed E-state index contributed by atoms with van der Waals surface area (Å²) in [5.41, 5.74) is -0.964. The number of ether oxygens (including phenoxy) is 1. The van der Waals surface area contributed by atoms with Crippen LogP contribution in [0.3, 0.4) is 0 Å². The van der Waals surface area contributed by atoms with Crippen molar-refractivity contribution in [1.82, 2.24) is 15.0 Å². The first-order valence-corrected chi connectivity index (χ1v) is 6.81. The molecule has 8 nitrogen and oxygen atoms in total. The van der Waals surface area contributed by atoms with E-state index < -0.39 is 17.7 Å². The Bertz CT molecular complexity index is 584. The van der Waals surface area contributed by atoms with Crippen LogP contribution in [0.4, 0.5) is 4.79 Å². The molecule has 114 valence electrons. The fraction of sp³-hybridized carbons (Fsp3) is 0.692. The summed E-state index contributed by atoms with van der Waals surface area (Å²) < 4.78 is 10.4. The molecule has 3 rings (SSSR count). The number of carbonyl (C=O) groups is 2. The molecule has 1 aromatic rings. The fourth-order valence-corrected chi connectivity index (χ4v) is 3.08. The number of hydrogen-bond donors (Lipinski definition) is 1. The van der Waals surface area contributed by atoms with E-state index in [1.165, 1.54) is 11.8 Å². The molecule has 0 unspecified atom stereocenters. The molecule has 1 aromatic heterocycles. The van der Waals surface area contributed by atoms with Gasteiger partial charge in [-0.3, -0.25) is 4.79 Å². The summed E-state index contributed by atoms with van der Waals surface area (Å²) in [7, 11) is 0. The molecular weight excluding hydrogens is 278 g/mol. The third kappa shape index (κ3) is 2.34. The Labute approximate surface area is 121 Å². The monoisotopic (exact) mass is 295 g/mol. The molecule has 21 heavy (non-hydrogen) atoms. The average molecular weight is 295 g/mol. The van der Waals surface area contributed by atoms with E-state index in [2.05, 4.69) is 10.1 Å². The van der Waals surface area contributed by atoms with Crippen LogP contribution in [-0.2, 0) is 15.1 Å². The molecule has 0 radical (unpaired) electrons. The molecule has 2 heterocycles. The number of carboxylic acid groups (broad SMARTS) is 1. The molecule has 0 bridgehead atoms. The number of rotatable bonds is 3. The summed E-state index contributed by atoms with van der Waals surface area (Å²) >= 11 is 0. The van der Waals surface area contributed by atoms with E-state index in [4.69, 9.17) is 14.4 Å². The predicted octanol–water partition coefficient (Wildman–Crippen LogP) is 1.19. The first-order valence-electron chi connectivity index (χ1n) is 6.81. The van der Waals surface area contributed by atoms with Gasteiger partial charge >= 0.3 is 12.1 Å². The number of carbonyl (C=O) groups excluding carboxylic acids is 1. The summed E-state index contributed by atoms with van der Waals surface area (Å²) in [5, 5.41) is 12.9. The quantitative estimate of drug-likeness (QED) is 0.835. The van der Waals surface area contributed by atoms with Gasteiger partial charge in [0, 0.05) is 25.9 Å². The van der Waals surface area contributed by atoms with E-state index in [1.54, 1.807) is 13.8 Å². The van der Waals surface area contributed by atoms with E-state index in [0.717, 1.165) is 0 Å². The summed E-state index contributed by atoms with van der Waals surface area (Å²) in [6.45, 7) is 5.73. The minimum atomic E-state index is -0.964. The van der Waals surface area contributed by atoms with Crippen molar-refractivity contribution in [2.75, 3.05) is 13.1 Å². The van der Waals surface area contributed by atoms with Crippen LogP contribution in [-0.4, -0.2) is 45.3 Å². The Hall–Kier alpha value is -2.12. The lowest BCUT2D eigenvalue weighted by Crippen LogP contribution is -2.29. The van der Waals surface area contributed by atoms with Crippen LogP contribution in [0.1, 0.15) is 38.4 Å². The topological polar surface area (TPSA) is 106 Å². The lowest BCUT2D eigenvalue weighted by molar-refractivity contribution is -0.157. The normalized spacial score (nSPS) is 27.4. The first kappa shape index (κ1) is 13.8. The van der Waals surface area contributed by atoms with Gasteiger partial charge in [0.2, 0.25) is 0 Å². The van der Waals surface area contributed by atoms with Crippen LogP contribution in [0.15, 0.2) is 4.52 Å². The fourth-order valence-electron chi connectivity index (χ4n) is 3.08. The Balaban J connectivity index is 1.68. The van der Waals surface area contributed by atoms with Crippen molar-refractivity contribution >= 4 is 12.1 Å². The van der Waals surface area contributed by atoms with Gasteiger partial charge in [-0.2, -0.15) is 4.98 Å². The number of hydrogen-bond acceptors (Lipinski definition) is 6. The summed E-state index contributed by atoms with van der Waals surface area (Å²) in [6.07, 6.45) is -0.884. The second kappa shape index (κ2) is 4.44. The molecule has 0 aromatic carbocycles. The number of amides is 1. The maximum Gasteiger partial charge on any atom is 0.407 e. The van der Waals surface area contributed by atoms with E-state index in [0.29, 0.717) is 18.9 Å². The number of nitrogens with zero attached hydrogens (tertiary/aromatic N) is 3. The van der Waals surface area contributed by atoms with E-state index in [9.17, 15) is 9.59 Å². The van der Waals surface area contributed by atoms with Crippen LogP contribution in [0.25, 0.3) is 0 Å². The third-order valence-corrected chi connectivity index (χ3v) is 4.12. The molecular formula is C13H17N3O5. The van der Waals surface area contributed by atoms with Crippen molar-refractivity contribution in [3.63, 3.8) is 0 Å². The van der Waals surface area contributed by atoms with Gasteiger partial charge in [0.1, 0.15) is 0 Å². The van der Waals surface area contributed by atoms with Gasteiger partial charge < -0.3 is 19.3 Å². The molecule has 0 spiro atoms. The number of aromatic nitrogens is 2. The van der Waals surface area contributed by atoms with Gasteiger partial charge in [-0.1, -0.05) is 5.16 Å². The molecule has 8 heteroatoms. The van der Waals surface area contributed by atoms with E-state index in [1.807, 2.05) is 0 Å². The predicted molar refractivity (Wildman–Crippen MR) is 68.4 cm³/mol. The zero-order valence-electron chi connectivity index (χ0n) is 12.1. The van der Waals surface area contributed by atoms with Crippen LogP contribution in [0.2, 0.25) is 0 Å². The first-order chi connectivity index (χ1) is 9.79. The Morgan fingerprint density at radius 1 is 1.38 bits per heavy atom.